The molecule has 0 amide bonds. The van der Waals surface area contributed by atoms with Crippen molar-refractivity contribution in [3.05, 3.63) is 38.4 Å². The van der Waals surface area contributed by atoms with Crippen molar-refractivity contribution in [2.24, 2.45) is 0 Å². The molecule has 0 saturated heterocycles. The first kappa shape index (κ1) is 11.7. The highest BCUT2D eigenvalue weighted by molar-refractivity contribution is 7.09. The third kappa shape index (κ3) is 3.11. The van der Waals surface area contributed by atoms with Gasteiger partial charge in [0.15, 0.2) is 0 Å². The summed E-state index contributed by atoms with van der Waals surface area (Å²) < 4.78 is 0. The standard InChI is InChI=1S/C10H12N4O2S/c15-4-3-11-10-12-9(16)8(13-14-10)6-7-2-1-5-17-7/h1-2,5,15H,3-4,6H2,(H2,11,12,14,16). The molecule has 0 spiro atoms. The average Bonchev–Trinajstić information content (AvgIpc) is 2.82. The number of nitrogens with one attached hydrogen (secondary N) is 2. The van der Waals surface area contributed by atoms with Gasteiger partial charge < -0.3 is 10.4 Å². The Hall–Kier alpha value is -1.73. The van der Waals surface area contributed by atoms with Crippen molar-refractivity contribution in [2.75, 3.05) is 18.5 Å². The molecular weight excluding hydrogens is 240 g/mol. The Morgan fingerprint density at radius 1 is 1.47 bits per heavy atom. The van der Waals surface area contributed by atoms with Crippen molar-refractivity contribution in [3.8, 4) is 0 Å². The molecule has 7 heteroatoms. The molecule has 3 N–H and O–H groups in total. The van der Waals surface area contributed by atoms with Crippen LogP contribution < -0.4 is 10.9 Å². The molecular formula is C10H12N4O2S. The number of aromatic nitrogens is 3. The van der Waals surface area contributed by atoms with Crippen LogP contribution in [0.3, 0.4) is 0 Å². The molecule has 0 aliphatic carbocycles. The van der Waals surface area contributed by atoms with Crippen LogP contribution in [0.15, 0.2) is 22.3 Å². The molecule has 17 heavy (non-hydrogen) atoms. The Kier molecular flexibility index (Phi) is 3.84. The van der Waals surface area contributed by atoms with Gasteiger partial charge in [0, 0.05) is 17.8 Å². The van der Waals surface area contributed by atoms with Crippen LogP contribution in [0.1, 0.15) is 10.6 Å². The monoisotopic (exact) mass is 252 g/mol. The van der Waals surface area contributed by atoms with Gasteiger partial charge in [-0.15, -0.1) is 21.5 Å². The molecule has 2 aromatic rings. The number of H-pyrrole nitrogens is 1. The summed E-state index contributed by atoms with van der Waals surface area (Å²) in [7, 11) is 0. The van der Waals surface area contributed by atoms with Gasteiger partial charge in [-0.25, -0.2) is 0 Å². The fourth-order valence-corrected chi connectivity index (χ4v) is 2.02. The minimum absolute atomic E-state index is 0.0271. The Bertz CT molecular complexity index is 523. The van der Waals surface area contributed by atoms with Crippen molar-refractivity contribution in [2.45, 2.75) is 6.42 Å². The Labute approximate surface area is 101 Å². The number of aliphatic hydroxyl groups excluding tert-OH is 1. The number of anilines is 1. The fourth-order valence-electron chi connectivity index (χ4n) is 1.31. The molecule has 0 unspecified atom stereocenters. The summed E-state index contributed by atoms with van der Waals surface area (Å²) in [4.78, 5) is 15.3. The van der Waals surface area contributed by atoms with Crippen molar-refractivity contribution in [1.82, 2.24) is 15.2 Å². The first-order valence-electron chi connectivity index (χ1n) is 5.12. The highest BCUT2D eigenvalue weighted by Gasteiger charge is 2.06. The molecule has 90 valence electrons. The summed E-state index contributed by atoms with van der Waals surface area (Å²) in [5.74, 6) is 0.277. The molecule has 0 aliphatic rings. The molecule has 0 fully saturated rings. The van der Waals surface area contributed by atoms with Gasteiger partial charge in [0.25, 0.3) is 5.56 Å². The molecule has 2 rings (SSSR count). The number of rotatable bonds is 5. The molecule has 0 saturated carbocycles. The molecule has 2 aromatic heterocycles. The number of aromatic amines is 1. The van der Waals surface area contributed by atoms with Crippen LogP contribution >= 0.6 is 11.3 Å². The van der Waals surface area contributed by atoms with Crippen LogP contribution in [0.5, 0.6) is 0 Å². The van der Waals surface area contributed by atoms with Crippen molar-refractivity contribution < 1.29 is 5.11 Å². The van der Waals surface area contributed by atoms with E-state index in [1.54, 1.807) is 11.3 Å². The maximum absolute atomic E-state index is 11.7. The van der Waals surface area contributed by atoms with Crippen molar-refractivity contribution >= 4 is 17.3 Å². The molecule has 0 bridgehead atoms. The van der Waals surface area contributed by atoms with Crippen LogP contribution in [0.25, 0.3) is 0 Å². The highest BCUT2D eigenvalue weighted by atomic mass is 32.1. The fraction of sp³-hybridized carbons (Fsp3) is 0.300. The minimum Gasteiger partial charge on any atom is -0.395 e. The second-order valence-corrected chi connectivity index (χ2v) is 4.39. The van der Waals surface area contributed by atoms with Gasteiger partial charge in [0.05, 0.1) is 6.61 Å². The van der Waals surface area contributed by atoms with E-state index in [0.29, 0.717) is 18.7 Å². The zero-order valence-corrected chi connectivity index (χ0v) is 9.83. The van der Waals surface area contributed by atoms with Gasteiger partial charge in [-0.1, -0.05) is 6.07 Å². The number of hydrogen-bond acceptors (Lipinski definition) is 6. The number of nitrogens with zero attached hydrogens (tertiary/aromatic N) is 2. The summed E-state index contributed by atoms with van der Waals surface area (Å²) in [5, 5.41) is 21.0. The molecule has 0 aliphatic heterocycles. The lowest BCUT2D eigenvalue weighted by molar-refractivity contribution is 0.310. The van der Waals surface area contributed by atoms with Crippen molar-refractivity contribution in [3.63, 3.8) is 0 Å². The van der Waals surface area contributed by atoms with E-state index in [4.69, 9.17) is 5.11 Å². The molecule has 6 nitrogen and oxygen atoms in total. The Morgan fingerprint density at radius 3 is 3.00 bits per heavy atom. The van der Waals surface area contributed by atoms with Gasteiger partial charge in [-0.2, -0.15) is 0 Å². The number of hydrogen-bond donors (Lipinski definition) is 3. The van der Waals surface area contributed by atoms with E-state index >= 15 is 0 Å². The van der Waals surface area contributed by atoms with Crippen LogP contribution in [-0.4, -0.2) is 33.4 Å². The zero-order chi connectivity index (χ0) is 12.1. The van der Waals surface area contributed by atoms with Crippen molar-refractivity contribution in [1.29, 1.82) is 0 Å². The Morgan fingerprint density at radius 2 is 2.35 bits per heavy atom. The van der Waals surface area contributed by atoms with E-state index in [-0.39, 0.29) is 18.1 Å². The van der Waals surface area contributed by atoms with E-state index in [1.807, 2.05) is 17.5 Å². The summed E-state index contributed by atoms with van der Waals surface area (Å²) in [6.07, 6.45) is 0.486. The lowest BCUT2D eigenvalue weighted by Gasteiger charge is -2.02. The third-order valence-corrected chi connectivity index (χ3v) is 2.97. The van der Waals surface area contributed by atoms with Crippen LogP contribution in [0.4, 0.5) is 5.95 Å². The SMILES string of the molecule is O=c1[nH]c(NCCO)nnc1Cc1cccs1. The van der Waals surface area contributed by atoms with E-state index in [9.17, 15) is 4.79 Å². The first-order chi connectivity index (χ1) is 8.29. The van der Waals surface area contributed by atoms with Crippen LogP contribution in [0, 0.1) is 0 Å². The third-order valence-electron chi connectivity index (χ3n) is 2.09. The van der Waals surface area contributed by atoms with E-state index in [0.717, 1.165) is 4.88 Å². The normalized spacial score (nSPS) is 10.4. The second kappa shape index (κ2) is 5.55. The number of thiophene rings is 1. The summed E-state index contributed by atoms with van der Waals surface area (Å²) in [6.45, 7) is 0.301. The van der Waals surface area contributed by atoms with E-state index in [1.165, 1.54) is 0 Å². The lowest BCUT2D eigenvalue weighted by Crippen LogP contribution is -2.20. The van der Waals surface area contributed by atoms with Gasteiger partial charge in [0.2, 0.25) is 5.95 Å². The van der Waals surface area contributed by atoms with Crippen LogP contribution in [-0.2, 0) is 6.42 Å². The first-order valence-corrected chi connectivity index (χ1v) is 6.00. The van der Waals surface area contributed by atoms with E-state index in [2.05, 4.69) is 20.5 Å². The largest absolute Gasteiger partial charge is 0.395 e. The molecule has 0 radical (unpaired) electrons. The Balaban J connectivity index is 2.12. The molecule has 0 atom stereocenters. The van der Waals surface area contributed by atoms with Gasteiger partial charge in [-0.3, -0.25) is 9.78 Å². The summed E-state index contributed by atoms with van der Waals surface area (Å²) in [5.41, 5.74) is 0.135. The molecule has 0 aromatic carbocycles. The topological polar surface area (TPSA) is 90.9 Å². The van der Waals surface area contributed by atoms with Crippen LogP contribution in [0.2, 0.25) is 0 Å². The van der Waals surface area contributed by atoms with Gasteiger partial charge in [-0.05, 0) is 11.4 Å². The number of aliphatic hydroxyl groups is 1. The maximum atomic E-state index is 11.7. The molecule has 2 heterocycles. The summed E-state index contributed by atoms with van der Waals surface area (Å²) >= 11 is 1.58. The maximum Gasteiger partial charge on any atom is 0.274 e. The lowest BCUT2D eigenvalue weighted by atomic mass is 10.3. The second-order valence-electron chi connectivity index (χ2n) is 3.36. The summed E-state index contributed by atoms with van der Waals surface area (Å²) in [6, 6.07) is 3.88. The minimum atomic E-state index is -0.256. The predicted octanol–water partition coefficient (Wildman–Crippen LogP) is 0.221. The smallest absolute Gasteiger partial charge is 0.274 e. The van der Waals surface area contributed by atoms with Gasteiger partial charge >= 0.3 is 0 Å². The van der Waals surface area contributed by atoms with Gasteiger partial charge in [0.1, 0.15) is 5.69 Å². The van der Waals surface area contributed by atoms with E-state index < -0.39 is 0 Å². The highest BCUT2D eigenvalue weighted by Crippen LogP contribution is 2.11. The predicted molar refractivity (Wildman–Crippen MR) is 65.4 cm³/mol. The average molecular weight is 252 g/mol. The quantitative estimate of drug-likeness (QED) is 0.708. The zero-order valence-electron chi connectivity index (χ0n) is 9.01.